The molecule has 0 radical (unpaired) electrons. The molecule has 5 aromatic rings. The number of benzene rings is 3. The number of nitrogens with zero attached hydrogens (tertiary/aromatic N) is 2. The number of methoxy groups -OCH3 is 2. The lowest BCUT2D eigenvalue weighted by Crippen LogP contribution is -2.38. The number of aromatic nitrogens is 1. The summed E-state index contributed by atoms with van der Waals surface area (Å²) in [5.74, 6) is 2.52. The van der Waals surface area contributed by atoms with Crippen LogP contribution in [0.2, 0.25) is 5.02 Å². The normalized spacial score (nSPS) is 16.1. The van der Waals surface area contributed by atoms with Crippen LogP contribution in [-0.4, -0.2) is 18.8 Å². The molecule has 2 aromatic heterocycles. The fourth-order valence-corrected chi connectivity index (χ4v) is 6.87. The zero-order chi connectivity index (χ0) is 28.1. The molecule has 6 nitrogen and oxygen atoms in total. The van der Waals surface area contributed by atoms with E-state index < -0.39 is 0 Å². The molecule has 0 unspecified atom stereocenters. The van der Waals surface area contributed by atoms with Crippen LogP contribution in [0.25, 0.3) is 23.1 Å². The molecule has 0 saturated heterocycles. The van der Waals surface area contributed by atoms with Gasteiger partial charge in [0.2, 0.25) is 0 Å². The van der Waals surface area contributed by atoms with Crippen LogP contribution in [0.15, 0.2) is 98.6 Å². The van der Waals surface area contributed by atoms with Crippen molar-refractivity contribution < 1.29 is 13.9 Å². The number of thiazole rings is 1. The number of fused-ring (bicyclic) bond motifs is 3. The standard InChI is InChI=1S/C33H25ClN2O4S/c1-38-27-14-11-21(17-28(27)39-2)31-25-13-10-19-6-3-4-9-24(19)30(25)35-33-36(31)32(37)29(41-33)18-23-12-15-26(40-23)20-7-5-8-22(34)16-20/h3-9,11-12,14-18,31H,10,13H2,1-2H3/b29-18+/t31-/m0/s1. The molecule has 0 bridgehead atoms. The van der Waals surface area contributed by atoms with Gasteiger partial charge in [-0.25, -0.2) is 4.99 Å². The fourth-order valence-electron chi connectivity index (χ4n) is 5.70. The number of hydrogen-bond acceptors (Lipinski definition) is 6. The maximum absolute atomic E-state index is 14.1. The van der Waals surface area contributed by atoms with E-state index >= 15 is 0 Å². The minimum Gasteiger partial charge on any atom is -0.493 e. The van der Waals surface area contributed by atoms with Crippen molar-refractivity contribution in [3.63, 3.8) is 0 Å². The largest absolute Gasteiger partial charge is 0.493 e. The Morgan fingerprint density at radius 2 is 1.83 bits per heavy atom. The number of halogens is 1. The van der Waals surface area contributed by atoms with Gasteiger partial charge in [-0.05, 0) is 65.9 Å². The van der Waals surface area contributed by atoms with Crippen molar-refractivity contribution in [3.05, 3.63) is 132 Å². The second-order valence-electron chi connectivity index (χ2n) is 9.94. The first-order chi connectivity index (χ1) is 20.0. The Morgan fingerprint density at radius 1 is 0.976 bits per heavy atom. The van der Waals surface area contributed by atoms with Crippen molar-refractivity contribution in [3.8, 4) is 22.8 Å². The average Bonchev–Trinajstić information content (AvgIpc) is 3.60. The van der Waals surface area contributed by atoms with Crippen LogP contribution in [0.4, 0.5) is 0 Å². The highest BCUT2D eigenvalue weighted by Gasteiger charge is 2.33. The zero-order valence-electron chi connectivity index (χ0n) is 22.4. The van der Waals surface area contributed by atoms with E-state index in [1.807, 2.05) is 65.2 Å². The third-order valence-electron chi connectivity index (χ3n) is 7.61. The fraction of sp³-hybridized carbons (Fsp3) is 0.152. The molecule has 1 atom stereocenters. The summed E-state index contributed by atoms with van der Waals surface area (Å²) in [6, 6.07) is 25.1. The molecule has 0 amide bonds. The summed E-state index contributed by atoms with van der Waals surface area (Å²) < 4.78 is 19.6. The van der Waals surface area contributed by atoms with Gasteiger partial charge in [0.05, 0.1) is 30.5 Å². The smallest absolute Gasteiger partial charge is 0.271 e. The zero-order valence-corrected chi connectivity index (χ0v) is 24.0. The maximum Gasteiger partial charge on any atom is 0.271 e. The van der Waals surface area contributed by atoms with Gasteiger partial charge in [-0.15, -0.1) is 0 Å². The third-order valence-corrected chi connectivity index (χ3v) is 8.82. The summed E-state index contributed by atoms with van der Waals surface area (Å²) in [6.45, 7) is 0. The second kappa shape index (κ2) is 10.3. The van der Waals surface area contributed by atoms with Gasteiger partial charge in [0.15, 0.2) is 16.3 Å². The van der Waals surface area contributed by atoms with E-state index in [-0.39, 0.29) is 11.6 Å². The molecule has 1 aliphatic heterocycles. The predicted octanol–water partition coefficient (Wildman–Crippen LogP) is 6.25. The van der Waals surface area contributed by atoms with Crippen molar-refractivity contribution in [2.24, 2.45) is 4.99 Å². The van der Waals surface area contributed by atoms with Gasteiger partial charge in [-0.2, -0.15) is 0 Å². The quantitative estimate of drug-likeness (QED) is 0.246. The molecule has 41 heavy (non-hydrogen) atoms. The van der Waals surface area contributed by atoms with E-state index in [0.717, 1.165) is 40.8 Å². The molecule has 3 aromatic carbocycles. The first kappa shape index (κ1) is 25.6. The second-order valence-corrected chi connectivity index (χ2v) is 11.4. The molecule has 0 N–H and O–H groups in total. The lowest BCUT2D eigenvalue weighted by atomic mass is 9.83. The van der Waals surface area contributed by atoms with Crippen LogP contribution in [0, 0.1) is 0 Å². The molecular formula is C33H25ClN2O4S. The van der Waals surface area contributed by atoms with Gasteiger partial charge in [-0.3, -0.25) is 9.36 Å². The van der Waals surface area contributed by atoms with Crippen LogP contribution in [0.5, 0.6) is 11.5 Å². The molecule has 3 heterocycles. The SMILES string of the molecule is COc1ccc([C@H]2C3=C(N=c4s/c(=C/c5ccc(-c6cccc(Cl)c6)o5)c(=O)n42)c2ccccc2CC3)cc1OC. The summed E-state index contributed by atoms with van der Waals surface area (Å²) in [6.07, 6.45) is 3.48. The number of aryl methyl sites for hydroxylation is 1. The number of hydrogen-bond donors (Lipinski definition) is 0. The van der Waals surface area contributed by atoms with Crippen LogP contribution >= 0.6 is 22.9 Å². The van der Waals surface area contributed by atoms with Gasteiger partial charge in [0.1, 0.15) is 11.5 Å². The van der Waals surface area contributed by atoms with Crippen LogP contribution in [0.1, 0.15) is 34.9 Å². The van der Waals surface area contributed by atoms with Gasteiger partial charge >= 0.3 is 0 Å². The van der Waals surface area contributed by atoms with Gasteiger partial charge in [0.25, 0.3) is 5.56 Å². The minimum absolute atomic E-state index is 0.111. The Balaban J connectivity index is 1.41. The van der Waals surface area contributed by atoms with Crippen LogP contribution < -0.4 is 24.4 Å². The van der Waals surface area contributed by atoms with E-state index in [2.05, 4.69) is 18.2 Å². The summed E-state index contributed by atoms with van der Waals surface area (Å²) in [5.41, 5.74) is 6.16. The highest BCUT2D eigenvalue weighted by atomic mass is 35.5. The van der Waals surface area contributed by atoms with Crippen LogP contribution in [-0.2, 0) is 6.42 Å². The Labute approximate surface area is 245 Å². The number of allylic oxidation sites excluding steroid dienone is 1. The van der Waals surface area contributed by atoms with E-state index in [9.17, 15) is 4.79 Å². The summed E-state index contributed by atoms with van der Waals surface area (Å²) in [4.78, 5) is 19.8. The third kappa shape index (κ3) is 4.42. The Morgan fingerprint density at radius 3 is 2.66 bits per heavy atom. The van der Waals surface area contributed by atoms with Crippen molar-refractivity contribution in [2.45, 2.75) is 18.9 Å². The molecule has 204 valence electrons. The van der Waals surface area contributed by atoms with E-state index in [4.69, 9.17) is 30.5 Å². The predicted molar refractivity (Wildman–Crippen MR) is 161 cm³/mol. The Hall–Kier alpha value is -4.33. The highest BCUT2D eigenvalue weighted by Crippen LogP contribution is 2.42. The highest BCUT2D eigenvalue weighted by molar-refractivity contribution is 7.07. The molecule has 0 fully saturated rings. The van der Waals surface area contributed by atoms with Crippen molar-refractivity contribution in [2.75, 3.05) is 14.2 Å². The van der Waals surface area contributed by atoms with Crippen molar-refractivity contribution in [1.82, 2.24) is 4.57 Å². The van der Waals surface area contributed by atoms with Gasteiger partial charge < -0.3 is 13.9 Å². The summed E-state index contributed by atoms with van der Waals surface area (Å²) in [7, 11) is 3.24. The first-order valence-electron chi connectivity index (χ1n) is 13.2. The van der Waals surface area contributed by atoms with E-state index in [1.54, 1.807) is 20.3 Å². The Bertz CT molecular complexity index is 2030. The van der Waals surface area contributed by atoms with Crippen LogP contribution in [0.3, 0.4) is 0 Å². The average molecular weight is 581 g/mol. The first-order valence-corrected chi connectivity index (χ1v) is 14.4. The monoisotopic (exact) mass is 580 g/mol. The van der Waals surface area contributed by atoms with E-state index in [1.165, 1.54) is 16.9 Å². The molecular weight excluding hydrogens is 556 g/mol. The van der Waals surface area contributed by atoms with E-state index in [0.29, 0.717) is 37.4 Å². The molecule has 7 rings (SSSR count). The topological polar surface area (TPSA) is 66.0 Å². The summed E-state index contributed by atoms with van der Waals surface area (Å²) in [5, 5.41) is 0.634. The number of furan rings is 1. The molecule has 8 heteroatoms. The lowest BCUT2D eigenvalue weighted by Gasteiger charge is -2.31. The number of rotatable bonds is 5. The molecule has 0 saturated carbocycles. The summed E-state index contributed by atoms with van der Waals surface area (Å²) >= 11 is 7.54. The van der Waals surface area contributed by atoms with Crippen molar-refractivity contribution in [1.29, 1.82) is 0 Å². The number of ether oxygens (including phenoxy) is 2. The molecule has 1 aliphatic carbocycles. The maximum atomic E-state index is 14.1. The Kier molecular flexibility index (Phi) is 6.41. The molecule has 2 aliphatic rings. The minimum atomic E-state index is -0.324. The van der Waals surface area contributed by atoms with Crippen molar-refractivity contribution >= 4 is 34.7 Å². The van der Waals surface area contributed by atoms with Gasteiger partial charge in [0, 0.05) is 22.2 Å². The van der Waals surface area contributed by atoms with Gasteiger partial charge in [-0.1, -0.05) is 65.4 Å². The molecule has 0 spiro atoms. The lowest BCUT2D eigenvalue weighted by molar-refractivity contribution is 0.354.